The summed E-state index contributed by atoms with van der Waals surface area (Å²) in [4.78, 5) is 26.0. The van der Waals surface area contributed by atoms with Gasteiger partial charge in [0, 0.05) is 19.2 Å². The molecule has 6 nitrogen and oxygen atoms in total. The van der Waals surface area contributed by atoms with Crippen LogP contribution >= 0.6 is 0 Å². The molecule has 0 saturated carbocycles. The summed E-state index contributed by atoms with van der Waals surface area (Å²) in [5, 5.41) is 9.87. The number of carboxylic acid groups (broad SMARTS) is 1. The molecule has 1 atom stereocenters. The minimum absolute atomic E-state index is 0.298. The molecular weight excluding hydrogens is 454 g/mol. The zero-order valence-electron chi connectivity index (χ0n) is 21.7. The Labute approximate surface area is 207 Å². The SMILES string of the molecule is [3H]N(C(=O)N(CCCCCCC)CCc1ccc(OC(C)(CC)C(=O)O)cc1)c1ccc(F)cc1F. The molecule has 0 fully saturated rings. The number of halogens is 2. The molecule has 2 aromatic rings. The summed E-state index contributed by atoms with van der Waals surface area (Å²) < 4.78 is 41.3. The van der Waals surface area contributed by atoms with Crippen LogP contribution in [0.5, 0.6) is 5.75 Å². The third-order valence-corrected chi connectivity index (χ3v) is 5.99. The molecule has 0 radical (unpaired) electrons. The fourth-order valence-electron chi connectivity index (χ4n) is 3.47. The summed E-state index contributed by atoms with van der Waals surface area (Å²) >= 11 is 0. The van der Waals surface area contributed by atoms with E-state index in [2.05, 4.69) is 6.92 Å². The Kier molecular flexibility index (Phi) is 10.3. The number of nitrogens with one attached hydrogen (secondary N) is 1. The second-order valence-electron chi connectivity index (χ2n) is 8.78. The maximum Gasteiger partial charge on any atom is 0.347 e. The van der Waals surface area contributed by atoms with Crippen molar-refractivity contribution in [2.24, 2.45) is 0 Å². The molecule has 0 bridgehead atoms. The van der Waals surface area contributed by atoms with E-state index >= 15 is 0 Å². The number of unbranched alkanes of at least 4 members (excludes halogenated alkanes) is 4. The number of amides is 2. The molecule has 0 aromatic heterocycles. The molecule has 192 valence electrons. The van der Waals surface area contributed by atoms with E-state index in [1.54, 1.807) is 31.2 Å². The topological polar surface area (TPSA) is 78.9 Å². The molecule has 0 spiro atoms. The first-order valence-corrected chi connectivity index (χ1v) is 12.2. The van der Waals surface area contributed by atoms with Crippen molar-refractivity contribution in [2.75, 3.05) is 18.4 Å². The smallest absolute Gasteiger partial charge is 0.347 e. The van der Waals surface area contributed by atoms with Gasteiger partial charge >= 0.3 is 12.0 Å². The van der Waals surface area contributed by atoms with Crippen LogP contribution in [0.1, 0.15) is 64.9 Å². The van der Waals surface area contributed by atoms with Crippen LogP contribution in [0.25, 0.3) is 0 Å². The Bertz CT molecular complexity index is 1010. The van der Waals surface area contributed by atoms with Gasteiger partial charge in [-0.1, -0.05) is 51.7 Å². The van der Waals surface area contributed by atoms with Gasteiger partial charge in [0.15, 0.2) is 1.41 Å². The van der Waals surface area contributed by atoms with Crippen LogP contribution in [-0.4, -0.2) is 40.7 Å². The van der Waals surface area contributed by atoms with Gasteiger partial charge in [-0.15, -0.1) is 0 Å². The number of ether oxygens (including phenoxy) is 1. The number of nitrogens with zero attached hydrogens (tertiary/aromatic N) is 1. The molecule has 2 amide bonds. The van der Waals surface area contributed by atoms with Gasteiger partial charge in [0.2, 0.25) is 5.60 Å². The summed E-state index contributed by atoms with van der Waals surface area (Å²) in [5.41, 5.74) is -0.740. The van der Waals surface area contributed by atoms with E-state index in [0.29, 0.717) is 43.1 Å². The molecule has 35 heavy (non-hydrogen) atoms. The number of hydrogen-bond donors (Lipinski definition) is 2. The number of carboxylic acids is 1. The van der Waals surface area contributed by atoms with Crippen LogP contribution in [0.15, 0.2) is 42.5 Å². The molecule has 0 saturated heterocycles. The lowest BCUT2D eigenvalue weighted by Gasteiger charge is -2.25. The number of anilines is 1. The van der Waals surface area contributed by atoms with Gasteiger partial charge in [-0.25, -0.2) is 18.4 Å². The first-order chi connectivity index (χ1) is 17.1. The molecule has 0 aliphatic heterocycles. The monoisotopic (exact) mass is 492 g/mol. The number of aliphatic carboxylic acids is 1. The highest BCUT2D eigenvalue weighted by Crippen LogP contribution is 2.23. The normalized spacial score (nSPS) is 13.0. The largest absolute Gasteiger partial charge is 0.478 e. The highest BCUT2D eigenvalue weighted by Gasteiger charge is 2.33. The molecule has 0 aliphatic rings. The van der Waals surface area contributed by atoms with Gasteiger partial charge in [-0.3, -0.25) is 0 Å². The van der Waals surface area contributed by atoms with Gasteiger partial charge in [0.1, 0.15) is 17.4 Å². The van der Waals surface area contributed by atoms with Crippen molar-refractivity contribution in [1.82, 2.24) is 4.90 Å². The summed E-state index contributed by atoms with van der Waals surface area (Å²) in [7, 11) is 0. The van der Waals surface area contributed by atoms with E-state index in [1.807, 2.05) is 0 Å². The van der Waals surface area contributed by atoms with Gasteiger partial charge in [-0.2, -0.15) is 0 Å². The first kappa shape index (κ1) is 26.4. The zero-order valence-corrected chi connectivity index (χ0v) is 20.7. The average molecular weight is 493 g/mol. The lowest BCUT2D eigenvalue weighted by atomic mass is 10.0. The van der Waals surface area contributed by atoms with Gasteiger partial charge in [0.05, 0.1) is 5.69 Å². The second-order valence-corrected chi connectivity index (χ2v) is 8.78. The van der Waals surface area contributed by atoms with Crippen LogP contribution in [0.4, 0.5) is 19.3 Å². The quantitative estimate of drug-likeness (QED) is 0.290. The Hall–Kier alpha value is -3.16. The predicted molar refractivity (Wildman–Crippen MR) is 133 cm³/mol. The maximum absolute atomic E-state index is 14.2. The number of carbonyl (C=O) groups excluding carboxylic acids is 1. The van der Waals surface area contributed by atoms with Crippen molar-refractivity contribution < 1.29 is 29.6 Å². The Morgan fingerprint density at radius 3 is 2.34 bits per heavy atom. The summed E-state index contributed by atoms with van der Waals surface area (Å²) in [5.74, 6) is -2.37. The third-order valence-electron chi connectivity index (χ3n) is 5.99. The number of rotatable bonds is 14. The fraction of sp³-hybridized carbons (Fsp3) is 0.481. The lowest BCUT2D eigenvalue weighted by Crippen LogP contribution is -2.40. The molecule has 8 heteroatoms. The van der Waals surface area contributed by atoms with Crippen LogP contribution < -0.4 is 10.0 Å². The minimum atomic E-state index is -1.32. The number of benzene rings is 2. The average Bonchev–Trinajstić information content (AvgIpc) is 2.85. The Morgan fingerprint density at radius 2 is 1.74 bits per heavy atom. The lowest BCUT2D eigenvalue weighted by molar-refractivity contribution is -0.154. The molecule has 0 heterocycles. The van der Waals surface area contributed by atoms with Crippen LogP contribution in [0.3, 0.4) is 0 Å². The van der Waals surface area contributed by atoms with Crippen molar-refractivity contribution in [1.29, 1.82) is 0 Å². The van der Waals surface area contributed by atoms with E-state index in [-0.39, 0.29) is 5.69 Å². The predicted octanol–water partition coefficient (Wildman–Crippen LogP) is 6.64. The summed E-state index contributed by atoms with van der Waals surface area (Å²) in [6, 6.07) is 9.04. The van der Waals surface area contributed by atoms with E-state index in [4.69, 9.17) is 6.15 Å². The number of carbonyl (C=O) groups is 2. The Balaban J connectivity index is 2.09. The third kappa shape index (κ3) is 8.85. The highest BCUT2D eigenvalue weighted by atomic mass is 19.1. The summed E-state index contributed by atoms with van der Waals surface area (Å²) in [6.07, 6.45) is 5.71. The molecule has 2 N–H and O–H groups in total. The van der Waals surface area contributed by atoms with E-state index < -0.39 is 29.2 Å². The van der Waals surface area contributed by atoms with Crippen LogP contribution in [0.2, 0.25) is 1.41 Å². The molecule has 2 aromatic carbocycles. The fourth-order valence-corrected chi connectivity index (χ4v) is 3.47. The van der Waals surface area contributed by atoms with Crippen molar-refractivity contribution in [3.05, 3.63) is 59.7 Å². The minimum Gasteiger partial charge on any atom is -0.478 e. The first-order valence-electron chi connectivity index (χ1n) is 12.6. The number of hydrogen-bond acceptors (Lipinski definition) is 3. The molecule has 1 unspecified atom stereocenters. The van der Waals surface area contributed by atoms with Crippen molar-refractivity contribution >= 4 is 17.7 Å². The summed E-state index contributed by atoms with van der Waals surface area (Å²) in [6.45, 7) is 6.08. The van der Waals surface area contributed by atoms with Crippen molar-refractivity contribution in [2.45, 2.75) is 71.3 Å². The van der Waals surface area contributed by atoms with Gasteiger partial charge in [0.25, 0.3) is 0 Å². The molecular formula is C27H36F2N2O4. The van der Waals surface area contributed by atoms with E-state index in [9.17, 15) is 23.5 Å². The van der Waals surface area contributed by atoms with Crippen LogP contribution in [-0.2, 0) is 11.2 Å². The molecule has 0 aliphatic carbocycles. The maximum atomic E-state index is 14.2. The van der Waals surface area contributed by atoms with E-state index in [0.717, 1.165) is 49.8 Å². The van der Waals surface area contributed by atoms with Crippen LogP contribution in [0, 0.1) is 11.6 Å². The number of urea groups is 1. The van der Waals surface area contributed by atoms with Gasteiger partial charge in [-0.05, 0) is 56.0 Å². The van der Waals surface area contributed by atoms with E-state index in [1.165, 1.54) is 11.8 Å². The Morgan fingerprint density at radius 1 is 1.06 bits per heavy atom. The second kappa shape index (κ2) is 13.7. The van der Waals surface area contributed by atoms with Gasteiger partial charge < -0.3 is 20.1 Å². The van der Waals surface area contributed by atoms with Crippen molar-refractivity contribution in [3.8, 4) is 5.75 Å². The van der Waals surface area contributed by atoms with Crippen molar-refractivity contribution in [3.63, 3.8) is 0 Å². The standard InChI is InChI=1S/C27H36F2N2O4/c1-4-6-7-8-9-17-31(26(34)30-24-15-12-21(28)19-23(24)29)18-16-20-10-13-22(14-11-20)35-27(3,5-2)25(32)33/h10-15,19H,4-9,16-18H2,1-3H3,(H,30,34)(H,32,33)/i/hT. The zero-order chi connectivity index (χ0) is 26.7. The highest BCUT2D eigenvalue weighted by molar-refractivity contribution is 5.89. The molecule has 2 rings (SSSR count).